The maximum Gasteiger partial charge on any atom is 0.403 e. The van der Waals surface area contributed by atoms with Gasteiger partial charge in [-0.2, -0.15) is 13.2 Å². The van der Waals surface area contributed by atoms with E-state index in [9.17, 15) is 13.2 Å². The fraction of sp³-hybridized carbons (Fsp3) is 1.00. The first-order valence-corrected chi connectivity index (χ1v) is 3.32. The highest BCUT2D eigenvalue weighted by molar-refractivity contribution is 5.85. The van der Waals surface area contributed by atoms with Gasteiger partial charge in [-0.25, -0.2) is 0 Å². The van der Waals surface area contributed by atoms with Gasteiger partial charge in [0, 0.05) is 0 Å². The van der Waals surface area contributed by atoms with Gasteiger partial charge in [0.25, 0.3) is 0 Å². The summed E-state index contributed by atoms with van der Waals surface area (Å²) in [6.07, 6.45) is -2.24. The maximum atomic E-state index is 11.7. The third-order valence-corrected chi connectivity index (χ3v) is 1.70. The molecule has 1 rings (SSSR count). The first-order chi connectivity index (χ1) is 4.50. The number of halogens is 4. The zero-order valence-corrected chi connectivity index (χ0v) is 6.71. The molecular weight excluding hydrogens is 179 g/mol. The van der Waals surface area contributed by atoms with E-state index in [1.807, 2.05) is 0 Å². The van der Waals surface area contributed by atoms with Crippen LogP contribution < -0.4 is 5.73 Å². The van der Waals surface area contributed by atoms with Crippen molar-refractivity contribution < 1.29 is 13.2 Å². The number of alkyl halides is 3. The molecule has 68 valence electrons. The Labute approximate surface area is 69.5 Å². The number of nitrogens with two attached hydrogens (primary N) is 1. The summed E-state index contributed by atoms with van der Waals surface area (Å²) >= 11 is 0. The van der Waals surface area contributed by atoms with Crippen molar-refractivity contribution in [3.63, 3.8) is 0 Å². The zero-order chi connectivity index (χ0) is 7.78. The SMILES string of the molecule is Cl.N[C@@H](CC1CC1)C(F)(F)F. The fourth-order valence-corrected chi connectivity index (χ4v) is 0.846. The molecule has 2 N–H and O–H groups in total. The van der Waals surface area contributed by atoms with Crippen LogP contribution in [0.2, 0.25) is 0 Å². The number of hydrogen-bond donors (Lipinski definition) is 1. The van der Waals surface area contributed by atoms with Crippen LogP contribution in [0.15, 0.2) is 0 Å². The van der Waals surface area contributed by atoms with Crippen LogP contribution in [0.3, 0.4) is 0 Å². The zero-order valence-electron chi connectivity index (χ0n) is 5.90. The van der Waals surface area contributed by atoms with E-state index >= 15 is 0 Å². The van der Waals surface area contributed by atoms with Crippen molar-refractivity contribution in [1.82, 2.24) is 0 Å². The third-order valence-electron chi connectivity index (χ3n) is 1.70. The van der Waals surface area contributed by atoms with Crippen LogP contribution in [-0.4, -0.2) is 12.2 Å². The van der Waals surface area contributed by atoms with E-state index in [0.717, 1.165) is 12.8 Å². The molecule has 11 heavy (non-hydrogen) atoms. The van der Waals surface area contributed by atoms with Crippen molar-refractivity contribution in [2.75, 3.05) is 0 Å². The highest BCUT2D eigenvalue weighted by Crippen LogP contribution is 2.36. The van der Waals surface area contributed by atoms with E-state index in [4.69, 9.17) is 5.73 Å². The molecule has 1 fully saturated rings. The van der Waals surface area contributed by atoms with Gasteiger partial charge >= 0.3 is 6.18 Å². The van der Waals surface area contributed by atoms with Gasteiger partial charge in [-0.15, -0.1) is 12.4 Å². The van der Waals surface area contributed by atoms with Gasteiger partial charge in [0.2, 0.25) is 0 Å². The highest BCUT2D eigenvalue weighted by Gasteiger charge is 2.39. The molecular formula is C6H11ClF3N. The Kier molecular flexibility index (Phi) is 3.64. The minimum Gasteiger partial charge on any atom is -0.320 e. The molecule has 0 spiro atoms. The van der Waals surface area contributed by atoms with Crippen LogP contribution in [-0.2, 0) is 0 Å². The van der Waals surface area contributed by atoms with Crippen LogP contribution in [0.4, 0.5) is 13.2 Å². The molecule has 1 nitrogen and oxygen atoms in total. The second-order valence-electron chi connectivity index (χ2n) is 2.83. The van der Waals surface area contributed by atoms with Crippen LogP contribution in [0.25, 0.3) is 0 Å². The average molecular weight is 190 g/mol. The summed E-state index contributed by atoms with van der Waals surface area (Å²) in [5.41, 5.74) is 4.87. The lowest BCUT2D eigenvalue weighted by atomic mass is 10.1. The first-order valence-electron chi connectivity index (χ1n) is 3.32. The molecule has 0 aromatic carbocycles. The Morgan fingerprint density at radius 2 is 1.82 bits per heavy atom. The van der Waals surface area contributed by atoms with Gasteiger partial charge in [-0.05, 0) is 12.3 Å². The molecule has 5 heteroatoms. The molecule has 0 aromatic rings. The van der Waals surface area contributed by atoms with Gasteiger partial charge in [0.15, 0.2) is 0 Å². The lowest BCUT2D eigenvalue weighted by Gasteiger charge is -2.14. The van der Waals surface area contributed by atoms with E-state index in [1.54, 1.807) is 0 Å². The van der Waals surface area contributed by atoms with E-state index < -0.39 is 12.2 Å². The molecule has 1 aliphatic carbocycles. The smallest absolute Gasteiger partial charge is 0.320 e. The normalized spacial score (nSPS) is 20.7. The fourth-order valence-electron chi connectivity index (χ4n) is 0.846. The molecule has 1 saturated carbocycles. The minimum absolute atomic E-state index is 0. The molecule has 0 saturated heterocycles. The first kappa shape index (κ1) is 11.0. The van der Waals surface area contributed by atoms with Crippen molar-refractivity contribution in [2.24, 2.45) is 11.7 Å². The summed E-state index contributed by atoms with van der Waals surface area (Å²) in [5, 5.41) is 0. The summed E-state index contributed by atoms with van der Waals surface area (Å²) in [4.78, 5) is 0. The Hall–Kier alpha value is 0.0400. The summed E-state index contributed by atoms with van der Waals surface area (Å²) in [7, 11) is 0. The van der Waals surface area contributed by atoms with E-state index in [2.05, 4.69) is 0 Å². The molecule has 0 amide bonds. The standard InChI is InChI=1S/C6H10F3N.ClH/c7-6(8,9)5(10)3-4-1-2-4;/h4-5H,1-3,10H2;1H/t5-;/m0./s1. The van der Waals surface area contributed by atoms with Gasteiger partial charge in [0.05, 0.1) is 0 Å². The van der Waals surface area contributed by atoms with Gasteiger partial charge in [0.1, 0.15) is 6.04 Å². The molecule has 1 atom stereocenters. The Balaban J connectivity index is 0.000001000. The number of hydrogen-bond acceptors (Lipinski definition) is 1. The monoisotopic (exact) mass is 189 g/mol. The van der Waals surface area contributed by atoms with Crippen molar-refractivity contribution in [1.29, 1.82) is 0 Å². The lowest BCUT2D eigenvalue weighted by molar-refractivity contribution is -0.149. The number of rotatable bonds is 2. The second-order valence-corrected chi connectivity index (χ2v) is 2.83. The molecule has 0 aliphatic heterocycles. The predicted molar refractivity (Wildman–Crippen MR) is 38.6 cm³/mol. The highest BCUT2D eigenvalue weighted by atomic mass is 35.5. The van der Waals surface area contributed by atoms with Crippen LogP contribution in [0, 0.1) is 5.92 Å². The largest absolute Gasteiger partial charge is 0.403 e. The predicted octanol–water partition coefficient (Wildman–Crippen LogP) is 2.10. The lowest BCUT2D eigenvalue weighted by Crippen LogP contribution is -2.37. The molecule has 0 bridgehead atoms. The van der Waals surface area contributed by atoms with Crippen molar-refractivity contribution >= 4 is 12.4 Å². The average Bonchev–Trinajstić information content (AvgIpc) is 2.47. The topological polar surface area (TPSA) is 26.0 Å². The molecule has 0 radical (unpaired) electrons. The van der Waals surface area contributed by atoms with Crippen LogP contribution >= 0.6 is 12.4 Å². The van der Waals surface area contributed by atoms with Crippen molar-refractivity contribution in [3.8, 4) is 0 Å². The minimum atomic E-state index is -4.19. The Bertz CT molecular complexity index is 121. The second kappa shape index (κ2) is 3.63. The molecule has 0 aromatic heterocycles. The van der Waals surface area contributed by atoms with Crippen LogP contribution in [0.5, 0.6) is 0 Å². The molecule has 0 unspecified atom stereocenters. The summed E-state index contributed by atoms with van der Waals surface area (Å²) < 4.78 is 35.1. The summed E-state index contributed by atoms with van der Waals surface area (Å²) in [6, 6.07) is -1.60. The van der Waals surface area contributed by atoms with E-state index in [1.165, 1.54) is 0 Å². The van der Waals surface area contributed by atoms with Crippen molar-refractivity contribution in [3.05, 3.63) is 0 Å². The van der Waals surface area contributed by atoms with E-state index in [0.29, 0.717) is 0 Å². The van der Waals surface area contributed by atoms with Gasteiger partial charge < -0.3 is 5.73 Å². The third kappa shape index (κ3) is 3.82. The molecule has 1 aliphatic rings. The quantitative estimate of drug-likeness (QED) is 0.708. The Morgan fingerprint density at radius 3 is 2.09 bits per heavy atom. The van der Waals surface area contributed by atoms with Crippen LogP contribution in [0.1, 0.15) is 19.3 Å². The van der Waals surface area contributed by atoms with Gasteiger partial charge in [-0.1, -0.05) is 12.8 Å². The van der Waals surface area contributed by atoms with E-state index in [-0.39, 0.29) is 24.7 Å². The summed E-state index contributed by atoms with van der Waals surface area (Å²) in [6.45, 7) is 0. The summed E-state index contributed by atoms with van der Waals surface area (Å²) in [5.74, 6) is 0.247. The Morgan fingerprint density at radius 1 is 1.36 bits per heavy atom. The molecule has 0 heterocycles. The van der Waals surface area contributed by atoms with Crippen molar-refractivity contribution in [2.45, 2.75) is 31.5 Å². The van der Waals surface area contributed by atoms with Gasteiger partial charge in [-0.3, -0.25) is 0 Å². The maximum absolute atomic E-state index is 11.7.